The molecular weight excluding hydrogens is 220 g/mol. The van der Waals surface area contributed by atoms with Gasteiger partial charge in [0.1, 0.15) is 0 Å². The summed E-state index contributed by atoms with van der Waals surface area (Å²) in [4.78, 5) is 5.24. The van der Waals surface area contributed by atoms with E-state index in [1.54, 1.807) is 0 Å². The average Bonchev–Trinajstić information content (AvgIpc) is 2.67. The molecule has 2 saturated heterocycles. The Bertz CT molecular complexity index is 328. The topological polar surface area (TPSA) is 6.48 Å². The lowest BCUT2D eigenvalue weighted by Gasteiger charge is -2.34. The minimum atomic E-state index is 0. The van der Waals surface area contributed by atoms with E-state index in [1.807, 2.05) is 0 Å². The highest BCUT2D eigenvalue weighted by Gasteiger charge is 2.31. The Morgan fingerprint density at radius 2 is 1.88 bits per heavy atom. The highest BCUT2D eigenvalue weighted by molar-refractivity contribution is 5.85. The number of rotatable bonds is 2. The van der Waals surface area contributed by atoms with Gasteiger partial charge in [-0.1, -0.05) is 30.3 Å². The van der Waals surface area contributed by atoms with Crippen LogP contribution in [0.25, 0.3) is 0 Å². The molecule has 2 bridgehead atoms. The van der Waals surface area contributed by atoms with E-state index in [1.165, 1.54) is 38.2 Å². The van der Waals surface area contributed by atoms with E-state index >= 15 is 0 Å². The summed E-state index contributed by atoms with van der Waals surface area (Å²) < 4.78 is 0. The summed E-state index contributed by atoms with van der Waals surface area (Å²) in [5, 5.41) is 0. The van der Waals surface area contributed by atoms with Crippen molar-refractivity contribution in [3.8, 4) is 0 Å². The summed E-state index contributed by atoms with van der Waals surface area (Å²) in [6.45, 7) is 6.27. The van der Waals surface area contributed by atoms with E-state index in [0.717, 1.165) is 12.6 Å². The van der Waals surface area contributed by atoms with Gasteiger partial charge in [0, 0.05) is 32.2 Å². The van der Waals surface area contributed by atoms with Crippen molar-refractivity contribution in [1.82, 2.24) is 9.80 Å². The van der Waals surface area contributed by atoms with Gasteiger partial charge in [0.25, 0.3) is 0 Å². The standard InChI is InChI=1S/C13H18N2.ClH/c1-2-4-12(5-3-1)10-15-9-8-14-7-6-13(15)11-14;/h1-5,13H,6-11H2;1H/t13-;/m1./s1. The van der Waals surface area contributed by atoms with Gasteiger partial charge in [0.2, 0.25) is 0 Å². The summed E-state index contributed by atoms with van der Waals surface area (Å²) in [6.07, 6.45) is 1.37. The molecule has 0 amide bonds. The molecule has 3 rings (SSSR count). The van der Waals surface area contributed by atoms with Crippen molar-refractivity contribution in [3.63, 3.8) is 0 Å². The maximum absolute atomic E-state index is 2.65. The average molecular weight is 239 g/mol. The van der Waals surface area contributed by atoms with Gasteiger partial charge in [-0.3, -0.25) is 4.90 Å². The van der Waals surface area contributed by atoms with Crippen molar-refractivity contribution in [2.75, 3.05) is 26.2 Å². The highest BCUT2D eigenvalue weighted by atomic mass is 35.5. The van der Waals surface area contributed by atoms with E-state index in [4.69, 9.17) is 0 Å². The Kier molecular flexibility index (Phi) is 3.85. The van der Waals surface area contributed by atoms with Crippen molar-refractivity contribution < 1.29 is 0 Å². The van der Waals surface area contributed by atoms with Gasteiger partial charge in [0.15, 0.2) is 0 Å². The molecule has 3 heteroatoms. The molecule has 0 radical (unpaired) electrons. The lowest BCUT2D eigenvalue weighted by Crippen LogP contribution is -2.46. The third-order valence-corrected chi connectivity index (χ3v) is 3.70. The van der Waals surface area contributed by atoms with Gasteiger partial charge in [-0.25, -0.2) is 0 Å². The van der Waals surface area contributed by atoms with Crippen molar-refractivity contribution in [2.45, 2.75) is 19.0 Å². The van der Waals surface area contributed by atoms with Crippen LogP contribution in [-0.2, 0) is 6.54 Å². The second-order valence-corrected chi connectivity index (χ2v) is 4.70. The first-order valence-electron chi connectivity index (χ1n) is 5.92. The Morgan fingerprint density at radius 3 is 2.69 bits per heavy atom. The smallest absolute Gasteiger partial charge is 0.0239 e. The molecular formula is C13H19ClN2. The molecule has 2 aliphatic heterocycles. The lowest BCUT2D eigenvalue weighted by atomic mass is 10.1. The minimum Gasteiger partial charge on any atom is -0.300 e. The first-order valence-corrected chi connectivity index (χ1v) is 5.92. The van der Waals surface area contributed by atoms with Crippen molar-refractivity contribution in [2.24, 2.45) is 0 Å². The summed E-state index contributed by atoms with van der Waals surface area (Å²) in [7, 11) is 0. The molecule has 0 aromatic heterocycles. The molecule has 0 saturated carbocycles. The second-order valence-electron chi connectivity index (χ2n) is 4.70. The minimum absolute atomic E-state index is 0. The monoisotopic (exact) mass is 238 g/mol. The van der Waals surface area contributed by atoms with Gasteiger partial charge >= 0.3 is 0 Å². The number of fused-ring (bicyclic) bond motifs is 2. The maximum atomic E-state index is 2.65. The molecule has 16 heavy (non-hydrogen) atoms. The summed E-state index contributed by atoms with van der Waals surface area (Å²) >= 11 is 0. The molecule has 0 aliphatic carbocycles. The Hall–Kier alpha value is -0.570. The van der Waals surface area contributed by atoms with Crippen LogP contribution in [0.3, 0.4) is 0 Å². The Labute approximate surface area is 104 Å². The number of halogens is 1. The van der Waals surface area contributed by atoms with Crippen LogP contribution in [0.4, 0.5) is 0 Å². The molecule has 1 aromatic carbocycles. The number of hydrogen-bond acceptors (Lipinski definition) is 2. The van der Waals surface area contributed by atoms with E-state index < -0.39 is 0 Å². The number of benzene rings is 1. The molecule has 0 spiro atoms. The second kappa shape index (κ2) is 5.17. The summed E-state index contributed by atoms with van der Waals surface area (Å²) in [5.41, 5.74) is 1.46. The first-order chi connectivity index (χ1) is 7.42. The Morgan fingerprint density at radius 1 is 1.06 bits per heavy atom. The van der Waals surface area contributed by atoms with Crippen LogP contribution in [0.2, 0.25) is 0 Å². The van der Waals surface area contributed by atoms with Crippen molar-refractivity contribution in [3.05, 3.63) is 35.9 Å². The van der Waals surface area contributed by atoms with Gasteiger partial charge in [-0.05, 0) is 18.5 Å². The van der Waals surface area contributed by atoms with Crippen LogP contribution in [0.5, 0.6) is 0 Å². The molecule has 1 aromatic rings. The van der Waals surface area contributed by atoms with Crippen LogP contribution < -0.4 is 0 Å². The highest BCUT2D eigenvalue weighted by Crippen LogP contribution is 2.22. The van der Waals surface area contributed by atoms with E-state index in [9.17, 15) is 0 Å². The maximum Gasteiger partial charge on any atom is 0.0239 e. The molecule has 88 valence electrons. The van der Waals surface area contributed by atoms with Crippen LogP contribution in [0.1, 0.15) is 12.0 Å². The molecule has 2 aliphatic rings. The van der Waals surface area contributed by atoms with Crippen LogP contribution >= 0.6 is 12.4 Å². The first kappa shape index (κ1) is 11.9. The molecule has 2 atom stereocenters. The molecule has 2 nitrogen and oxygen atoms in total. The largest absolute Gasteiger partial charge is 0.300 e. The molecule has 2 heterocycles. The Balaban J connectivity index is 0.000000963. The molecule has 1 unspecified atom stereocenters. The van der Waals surface area contributed by atoms with Gasteiger partial charge in [0.05, 0.1) is 0 Å². The van der Waals surface area contributed by atoms with Crippen LogP contribution in [0, 0.1) is 0 Å². The van der Waals surface area contributed by atoms with Gasteiger partial charge in [-0.2, -0.15) is 0 Å². The predicted molar refractivity (Wildman–Crippen MR) is 68.9 cm³/mol. The fourth-order valence-electron chi connectivity index (χ4n) is 2.79. The predicted octanol–water partition coefficient (Wildman–Crippen LogP) is 2.00. The zero-order valence-electron chi connectivity index (χ0n) is 9.51. The zero-order valence-corrected chi connectivity index (χ0v) is 10.3. The van der Waals surface area contributed by atoms with Crippen molar-refractivity contribution in [1.29, 1.82) is 0 Å². The van der Waals surface area contributed by atoms with E-state index in [0.29, 0.717) is 0 Å². The third-order valence-electron chi connectivity index (χ3n) is 3.70. The van der Waals surface area contributed by atoms with E-state index in [2.05, 4.69) is 40.1 Å². The van der Waals surface area contributed by atoms with Gasteiger partial charge < -0.3 is 4.90 Å². The van der Waals surface area contributed by atoms with Crippen LogP contribution in [-0.4, -0.2) is 42.0 Å². The SMILES string of the molecule is Cl.c1ccc(CN2CCN3CC[C@@H]2C3)cc1. The molecule has 2 fully saturated rings. The van der Waals surface area contributed by atoms with Gasteiger partial charge in [-0.15, -0.1) is 12.4 Å². The normalized spacial score (nSPS) is 28.8. The lowest BCUT2D eigenvalue weighted by molar-refractivity contribution is 0.128. The van der Waals surface area contributed by atoms with Crippen LogP contribution in [0.15, 0.2) is 30.3 Å². The third kappa shape index (κ3) is 2.40. The molecule has 0 N–H and O–H groups in total. The number of hydrogen-bond donors (Lipinski definition) is 0. The summed E-state index contributed by atoms with van der Waals surface area (Å²) in [5.74, 6) is 0. The van der Waals surface area contributed by atoms with E-state index in [-0.39, 0.29) is 12.4 Å². The number of piperazine rings is 1. The fourth-order valence-corrected chi connectivity index (χ4v) is 2.79. The summed E-state index contributed by atoms with van der Waals surface area (Å²) in [6, 6.07) is 11.7. The van der Waals surface area contributed by atoms with Crippen molar-refractivity contribution >= 4 is 12.4 Å². The number of nitrogens with zero attached hydrogens (tertiary/aromatic N) is 2. The zero-order chi connectivity index (χ0) is 10.1. The fraction of sp³-hybridized carbons (Fsp3) is 0.538. The quantitative estimate of drug-likeness (QED) is 0.778.